The van der Waals surface area contributed by atoms with E-state index >= 15 is 8.78 Å². The zero-order valence-electron chi connectivity index (χ0n) is 47.3. The van der Waals surface area contributed by atoms with Crippen LogP contribution in [-0.4, -0.2) is 6.10 Å². The molecule has 3 aliphatic rings. The normalized spacial score (nSPS) is 15.8. The van der Waals surface area contributed by atoms with Gasteiger partial charge < -0.3 is 14.5 Å². The molecule has 1 heterocycles. The lowest BCUT2D eigenvalue weighted by atomic mass is 9.66. The van der Waals surface area contributed by atoms with E-state index in [9.17, 15) is 0 Å². The first-order valence-electron chi connectivity index (χ1n) is 28.1. The van der Waals surface area contributed by atoms with Crippen molar-refractivity contribution in [1.29, 1.82) is 0 Å². The second-order valence-electron chi connectivity index (χ2n) is 24.7. The molecule has 2 aliphatic carbocycles. The van der Waals surface area contributed by atoms with Crippen molar-refractivity contribution in [2.24, 2.45) is 0 Å². The largest absolute Gasteiger partial charge is 0.484 e. The summed E-state index contributed by atoms with van der Waals surface area (Å²) in [5.41, 5.74) is 19.0. The minimum atomic E-state index is -1.14. The van der Waals surface area contributed by atoms with Gasteiger partial charge in [-0.1, -0.05) is 151 Å². The predicted octanol–water partition coefficient (Wildman–Crippen LogP) is 20.4. The van der Waals surface area contributed by atoms with E-state index in [1.54, 1.807) is 24.3 Å². The summed E-state index contributed by atoms with van der Waals surface area (Å²) >= 11 is 0. The third kappa shape index (κ3) is 8.27. The summed E-state index contributed by atoms with van der Waals surface area (Å²) in [7, 11) is 0. The van der Waals surface area contributed by atoms with Gasteiger partial charge >= 0.3 is 0 Å². The van der Waals surface area contributed by atoms with Crippen molar-refractivity contribution in [1.82, 2.24) is 0 Å². The first-order valence-corrected chi connectivity index (χ1v) is 28.1. The highest BCUT2D eigenvalue weighted by molar-refractivity contribution is 6.21. The molecule has 0 spiro atoms. The third-order valence-electron chi connectivity index (χ3n) is 17.0. The van der Waals surface area contributed by atoms with Crippen molar-refractivity contribution in [2.75, 3.05) is 9.80 Å². The van der Waals surface area contributed by atoms with Gasteiger partial charge in [-0.2, -0.15) is 0 Å². The van der Waals surface area contributed by atoms with Crippen molar-refractivity contribution in [3.8, 4) is 16.9 Å². The Kier molecular flexibility index (Phi) is 12.0. The lowest BCUT2D eigenvalue weighted by Crippen LogP contribution is -2.29. The van der Waals surface area contributed by atoms with E-state index < -0.39 is 5.41 Å². The first kappa shape index (κ1) is 50.9. The van der Waals surface area contributed by atoms with Crippen LogP contribution in [0.1, 0.15) is 109 Å². The molecule has 0 N–H and O–H groups in total. The van der Waals surface area contributed by atoms with Gasteiger partial charge in [-0.3, -0.25) is 0 Å². The minimum Gasteiger partial charge on any atom is -0.484 e. The second kappa shape index (κ2) is 18.8. The van der Waals surface area contributed by atoms with Crippen LogP contribution in [0.3, 0.4) is 0 Å². The minimum absolute atomic E-state index is 0.0163. The standard InChI is InChI=1S/C75H66F2N2O/c1-45-37-46(2)40-58(39-45)78(55-31-23-49(24-32-55)73(5,6)7)57-35-36-62-64(43-57)60-15-11-12-16-61(60)69-70-65(75(71(62)69,51-19-27-53(76)28-20-51)52-21-29-54(77)30-22-52)44-66(68-63-17-13-14-18-67(63)80-72(68)70)79(59-41-47(3)38-48(4)42-59)56-33-25-50(26-34-56)74(8,9)10/h11-44,63,67H,1-10H3. The van der Waals surface area contributed by atoms with Crippen LogP contribution in [0, 0.1) is 39.3 Å². The Hall–Kier alpha value is -8.54. The highest BCUT2D eigenvalue weighted by Crippen LogP contribution is 2.67. The number of benzene rings is 10. The second-order valence-corrected chi connectivity index (χ2v) is 24.7. The number of ether oxygens (including phenoxy) is 1. The van der Waals surface area contributed by atoms with E-state index in [4.69, 9.17) is 4.74 Å². The zero-order chi connectivity index (χ0) is 55.6. The Bertz CT molecular complexity index is 4090. The van der Waals surface area contributed by atoms with Crippen LogP contribution in [0.15, 0.2) is 206 Å². The summed E-state index contributed by atoms with van der Waals surface area (Å²) < 4.78 is 39.0. The number of nitrogens with zero attached hydrogens (tertiary/aromatic N) is 2. The molecule has 0 saturated heterocycles. The number of rotatable bonds is 8. The number of allylic oxidation sites excluding steroid dienone is 2. The van der Waals surface area contributed by atoms with Crippen LogP contribution in [-0.2, 0) is 16.2 Å². The smallest absolute Gasteiger partial charge is 0.134 e. The van der Waals surface area contributed by atoms with Crippen molar-refractivity contribution in [3.05, 3.63) is 279 Å². The van der Waals surface area contributed by atoms with Crippen LogP contribution in [0.2, 0.25) is 0 Å². The fourth-order valence-corrected chi connectivity index (χ4v) is 13.5. The van der Waals surface area contributed by atoms with Gasteiger partial charge in [0.2, 0.25) is 0 Å². The van der Waals surface area contributed by atoms with Crippen LogP contribution in [0.4, 0.5) is 42.9 Å². The molecule has 13 rings (SSSR count). The predicted molar refractivity (Wildman–Crippen MR) is 330 cm³/mol. The Balaban J connectivity index is 1.18. The highest BCUT2D eigenvalue weighted by Gasteiger charge is 2.53. The molecule has 0 amide bonds. The molecule has 5 heteroatoms. The molecule has 396 valence electrons. The number of anilines is 6. The number of fused-ring (bicyclic) bond motifs is 12. The Labute approximate surface area is 470 Å². The molecule has 0 fully saturated rings. The van der Waals surface area contributed by atoms with Crippen molar-refractivity contribution in [3.63, 3.8) is 0 Å². The van der Waals surface area contributed by atoms with E-state index in [-0.39, 0.29) is 34.5 Å². The SMILES string of the molecule is Cc1cc(C)cc(N(c2ccc(C(C)(C)C)cc2)c2ccc3c4c(c5ccccc5c3c2)-c2c(cc(N(c3ccc(C(C)(C)C)cc3)c3cc(C)cc(C)c3)c3c2OC2C=CC=CC32)C4(c2ccc(F)cc2)c2ccc(F)cc2)c1. The molecule has 1 aliphatic heterocycles. The van der Waals surface area contributed by atoms with Crippen molar-refractivity contribution >= 4 is 55.7 Å². The fourth-order valence-electron chi connectivity index (χ4n) is 13.5. The lowest BCUT2D eigenvalue weighted by Gasteiger charge is -2.36. The zero-order valence-corrected chi connectivity index (χ0v) is 47.3. The van der Waals surface area contributed by atoms with E-state index in [0.29, 0.717) is 0 Å². The number of hydrogen-bond donors (Lipinski definition) is 0. The lowest BCUT2D eigenvalue weighted by molar-refractivity contribution is 0.270. The molecule has 0 radical (unpaired) electrons. The van der Waals surface area contributed by atoms with Crippen molar-refractivity contribution < 1.29 is 13.5 Å². The maximum absolute atomic E-state index is 15.7. The Morgan fingerprint density at radius 2 is 0.925 bits per heavy atom. The van der Waals surface area contributed by atoms with Crippen LogP contribution in [0.5, 0.6) is 5.75 Å². The molecule has 3 nitrogen and oxygen atoms in total. The van der Waals surface area contributed by atoms with Crippen LogP contribution >= 0.6 is 0 Å². The quantitative estimate of drug-likeness (QED) is 0.141. The van der Waals surface area contributed by atoms with Gasteiger partial charge in [0.25, 0.3) is 0 Å². The molecule has 0 aromatic heterocycles. The molecule has 0 bridgehead atoms. The van der Waals surface area contributed by atoms with Gasteiger partial charge in [0.15, 0.2) is 0 Å². The van der Waals surface area contributed by atoms with Crippen LogP contribution in [0.25, 0.3) is 32.7 Å². The van der Waals surface area contributed by atoms with Gasteiger partial charge in [-0.25, -0.2) is 8.78 Å². The average molecular weight is 1050 g/mol. The summed E-state index contributed by atoms with van der Waals surface area (Å²) in [6, 6.07) is 63.6. The monoisotopic (exact) mass is 1050 g/mol. The van der Waals surface area contributed by atoms with Crippen molar-refractivity contribution in [2.45, 2.75) is 97.5 Å². The molecule has 2 atom stereocenters. The third-order valence-corrected chi connectivity index (χ3v) is 17.0. The van der Waals surface area contributed by atoms with Gasteiger partial charge in [-0.05, 0) is 218 Å². The molecule has 10 aromatic carbocycles. The first-order chi connectivity index (χ1) is 38.4. The van der Waals surface area contributed by atoms with Gasteiger partial charge in [0.05, 0.1) is 11.1 Å². The van der Waals surface area contributed by atoms with Crippen LogP contribution < -0.4 is 14.5 Å². The summed E-state index contributed by atoms with van der Waals surface area (Å²) in [5, 5.41) is 4.25. The summed E-state index contributed by atoms with van der Waals surface area (Å²) in [6.45, 7) is 22.2. The molecule has 2 unspecified atom stereocenters. The average Bonchev–Trinajstić information content (AvgIpc) is 4.16. The number of aryl methyl sites for hydroxylation is 4. The maximum Gasteiger partial charge on any atom is 0.134 e. The number of hydrogen-bond acceptors (Lipinski definition) is 3. The van der Waals surface area contributed by atoms with E-state index in [1.807, 2.05) is 24.3 Å². The molecule has 10 aromatic rings. The van der Waals surface area contributed by atoms with E-state index in [2.05, 4.69) is 237 Å². The fraction of sp³-hybridized carbons (Fsp3) is 0.200. The van der Waals surface area contributed by atoms with E-state index in [1.165, 1.54) is 22.3 Å². The Morgan fingerprint density at radius 1 is 0.438 bits per heavy atom. The van der Waals surface area contributed by atoms with Gasteiger partial charge in [-0.15, -0.1) is 0 Å². The number of halogens is 2. The molecular weight excluding hydrogens is 983 g/mol. The summed E-state index contributed by atoms with van der Waals surface area (Å²) in [5.74, 6) is 0.0294. The topological polar surface area (TPSA) is 15.7 Å². The maximum atomic E-state index is 15.7. The summed E-state index contributed by atoms with van der Waals surface area (Å²) in [6.07, 6.45) is 8.43. The van der Waals surface area contributed by atoms with E-state index in [0.717, 1.165) is 111 Å². The molecule has 80 heavy (non-hydrogen) atoms. The summed E-state index contributed by atoms with van der Waals surface area (Å²) in [4.78, 5) is 4.80. The molecule has 0 saturated carbocycles. The van der Waals surface area contributed by atoms with Gasteiger partial charge in [0, 0.05) is 45.5 Å². The van der Waals surface area contributed by atoms with Gasteiger partial charge in [0.1, 0.15) is 23.5 Å². The molecular formula is C75H66F2N2O. The highest BCUT2D eigenvalue weighted by atomic mass is 19.1. The Morgan fingerprint density at radius 3 is 1.46 bits per heavy atom.